The molecule has 4 heteroatoms. The second-order valence-electron chi connectivity index (χ2n) is 3.36. The fraction of sp³-hybridized carbons (Fsp3) is 0.167. The summed E-state index contributed by atoms with van der Waals surface area (Å²) in [7, 11) is 0. The van der Waals surface area contributed by atoms with Crippen LogP contribution in [0, 0.1) is 0 Å². The van der Waals surface area contributed by atoms with Crippen molar-refractivity contribution in [1.82, 2.24) is 10.3 Å². The number of carbonyl (C=O) groups is 1. The van der Waals surface area contributed by atoms with E-state index in [2.05, 4.69) is 10.3 Å². The van der Waals surface area contributed by atoms with Crippen LogP contribution < -0.4 is 5.32 Å². The zero-order valence-corrected chi connectivity index (χ0v) is 8.68. The summed E-state index contributed by atoms with van der Waals surface area (Å²) in [6.07, 6.45) is 1.61. The molecule has 0 atom stereocenters. The molecule has 2 N–H and O–H groups in total. The second kappa shape index (κ2) is 4.72. The van der Waals surface area contributed by atoms with Gasteiger partial charge in [0.2, 0.25) is 0 Å². The lowest BCUT2D eigenvalue weighted by atomic mass is 10.1. The number of aliphatic hydroxyl groups is 1. The predicted molar refractivity (Wildman–Crippen MR) is 61.2 cm³/mol. The Morgan fingerprint density at radius 1 is 1.31 bits per heavy atom. The summed E-state index contributed by atoms with van der Waals surface area (Å²) in [6, 6.07) is 9.43. The second-order valence-corrected chi connectivity index (χ2v) is 3.36. The molecule has 1 aromatic carbocycles. The summed E-state index contributed by atoms with van der Waals surface area (Å²) in [5.41, 5.74) is 0.395. The van der Waals surface area contributed by atoms with Crippen molar-refractivity contribution >= 4 is 16.7 Å². The molecule has 1 aromatic heterocycles. The molecule has 0 saturated carbocycles. The highest BCUT2D eigenvalue weighted by atomic mass is 16.3. The SMILES string of the molecule is O=C(NCCO)c1nccc2ccccc12. The normalized spacial score (nSPS) is 10.3. The number of nitrogens with one attached hydrogen (secondary N) is 1. The van der Waals surface area contributed by atoms with E-state index in [4.69, 9.17) is 5.11 Å². The molecule has 0 aliphatic rings. The van der Waals surface area contributed by atoms with E-state index in [1.165, 1.54) is 0 Å². The van der Waals surface area contributed by atoms with Crippen molar-refractivity contribution in [3.05, 3.63) is 42.2 Å². The molecule has 0 bridgehead atoms. The van der Waals surface area contributed by atoms with Crippen LogP contribution >= 0.6 is 0 Å². The van der Waals surface area contributed by atoms with E-state index in [1.54, 1.807) is 6.20 Å². The number of amides is 1. The Hall–Kier alpha value is -1.94. The van der Waals surface area contributed by atoms with E-state index in [0.717, 1.165) is 10.8 Å². The summed E-state index contributed by atoms with van der Waals surface area (Å²) in [4.78, 5) is 15.8. The Bertz CT molecular complexity index is 506. The lowest BCUT2D eigenvalue weighted by molar-refractivity contribution is 0.0941. The quantitative estimate of drug-likeness (QED) is 0.803. The fourth-order valence-corrected chi connectivity index (χ4v) is 1.55. The van der Waals surface area contributed by atoms with Gasteiger partial charge >= 0.3 is 0 Å². The molecular formula is C12H12N2O2. The number of pyridine rings is 1. The van der Waals surface area contributed by atoms with Gasteiger partial charge in [-0.1, -0.05) is 24.3 Å². The summed E-state index contributed by atoms with van der Waals surface area (Å²) in [6.45, 7) is 0.167. The zero-order chi connectivity index (χ0) is 11.4. The Labute approximate surface area is 92.9 Å². The monoisotopic (exact) mass is 216 g/mol. The highest BCUT2D eigenvalue weighted by Gasteiger charge is 2.09. The van der Waals surface area contributed by atoms with Gasteiger partial charge in [0.15, 0.2) is 0 Å². The Kier molecular flexibility index (Phi) is 3.12. The molecule has 4 nitrogen and oxygen atoms in total. The standard InChI is InChI=1S/C12H12N2O2/c15-8-7-14-12(16)11-10-4-2-1-3-9(10)5-6-13-11/h1-6,15H,7-8H2,(H,14,16). The van der Waals surface area contributed by atoms with Crippen molar-refractivity contribution in [3.63, 3.8) is 0 Å². The predicted octanol–water partition coefficient (Wildman–Crippen LogP) is 0.957. The van der Waals surface area contributed by atoms with Gasteiger partial charge in [-0.3, -0.25) is 9.78 Å². The third kappa shape index (κ3) is 2.01. The van der Waals surface area contributed by atoms with E-state index >= 15 is 0 Å². The van der Waals surface area contributed by atoms with E-state index in [9.17, 15) is 4.79 Å². The van der Waals surface area contributed by atoms with Crippen molar-refractivity contribution in [3.8, 4) is 0 Å². The lowest BCUT2D eigenvalue weighted by Crippen LogP contribution is -2.27. The minimum atomic E-state index is -0.258. The first-order valence-electron chi connectivity index (χ1n) is 5.06. The molecular weight excluding hydrogens is 204 g/mol. The Morgan fingerprint density at radius 3 is 2.94 bits per heavy atom. The first-order chi connectivity index (χ1) is 7.83. The molecule has 0 aliphatic carbocycles. The van der Waals surface area contributed by atoms with E-state index in [0.29, 0.717) is 5.69 Å². The van der Waals surface area contributed by atoms with Gasteiger partial charge in [-0.25, -0.2) is 0 Å². The van der Waals surface area contributed by atoms with Crippen molar-refractivity contribution in [1.29, 1.82) is 0 Å². The molecule has 2 aromatic rings. The summed E-state index contributed by atoms with van der Waals surface area (Å²) in [5.74, 6) is -0.258. The lowest BCUT2D eigenvalue weighted by Gasteiger charge is -2.05. The number of benzene rings is 1. The van der Waals surface area contributed by atoms with Gasteiger partial charge in [0.05, 0.1) is 6.61 Å². The maximum Gasteiger partial charge on any atom is 0.270 e. The number of fused-ring (bicyclic) bond motifs is 1. The summed E-state index contributed by atoms with van der Waals surface area (Å²) >= 11 is 0. The molecule has 0 saturated heterocycles. The average Bonchev–Trinajstić information content (AvgIpc) is 2.35. The van der Waals surface area contributed by atoms with Gasteiger partial charge in [0.25, 0.3) is 5.91 Å². The molecule has 2 rings (SSSR count). The largest absolute Gasteiger partial charge is 0.395 e. The van der Waals surface area contributed by atoms with Crippen LogP contribution in [0.5, 0.6) is 0 Å². The molecule has 82 valence electrons. The van der Waals surface area contributed by atoms with Crippen LogP contribution in [0.2, 0.25) is 0 Å². The van der Waals surface area contributed by atoms with E-state index in [-0.39, 0.29) is 19.1 Å². The van der Waals surface area contributed by atoms with Crippen LogP contribution in [0.25, 0.3) is 10.8 Å². The van der Waals surface area contributed by atoms with Crippen LogP contribution in [0.4, 0.5) is 0 Å². The third-order valence-electron chi connectivity index (χ3n) is 2.29. The van der Waals surface area contributed by atoms with Gasteiger partial charge in [-0.15, -0.1) is 0 Å². The van der Waals surface area contributed by atoms with Gasteiger partial charge in [0.1, 0.15) is 5.69 Å². The number of hydrogen-bond acceptors (Lipinski definition) is 3. The number of nitrogens with zero attached hydrogens (tertiary/aromatic N) is 1. The zero-order valence-electron chi connectivity index (χ0n) is 8.68. The maximum atomic E-state index is 11.7. The van der Waals surface area contributed by atoms with Gasteiger partial charge in [-0.05, 0) is 11.5 Å². The van der Waals surface area contributed by atoms with Crippen molar-refractivity contribution in [2.45, 2.75) is 0 Å². The first kappa shape index (κ1) is 10.6. The average molecular weight is 216 g/mol. The van der Waals surface area contributed by atoms with Gasteiger partial charge in [-0.2, -0.15) is 0 Å². The smallest absolute Gasteiger partial charge is 0.270 e. The molecule has 1 heterocycles. The number of carbonyl (C=O) groups excluding carboxylic acids is 1. The minimum Gasteiger partial charge on any atom is -0.395 e. The molecule has 0 radical (unpaired) electrons. The number of hydrogen-bond donors (Lipinski definition) is 2. The summed E-state index contributed by atoms with van der Waals surface area (Å²) < 4.78 is 0. The number of rotatable bonds is 3. The fourth-order valence-electron chi connectivity index (χ4n) is 1.55. The van der Waals surface area contributed by atoms with Crippen molar-refractivity contribution < 1.29 is 9.90 Å². The van der Waals surface area contributed by atoms with E-state index < -0.39 is 0 Å². The van der Waals surface area contributed by atoms with Crippen LogP contribution in [0.1, 0.15) is 10.5 Å². The molecule has 0 fully saturated rings. The Morgan fingerprint density at radius 2 is 2.12 bits per heavy atom. The molecule has 0 spiro atoms. The topological polar surface area (TPSA) is 62.2 Å². The molecule has 0 aliphatic heterocycles. The van der Waals surface area contributed by atoms with E-state index in [1.807, 2.05) is 30.3 Å². The molecule has 1 amide bonds. The third-order valence-corrected chi connectivity index (χ3v) is 2.29. The molecule has 0 unspecified atom stereocenters. The van der Waals surface area contributed by atoms with Crippen LogP contribution in [0.15, 0.2) is 36.5 Å². The first-order valence-corrected chi connectivity index (χ1v) is 5.06. The molecule has 16 heavy (non-hydrogen) atoms. The maximum absolute atomic E-state index is 11.7. The van der Waals surface area contributed by atoms with Gasteiger partial charge in [0, 0.05) is 18.1 Å². The van der Waals surface area contributed by atoms with Crippen molar-refractivity contribution in [2.75, 3.05) is 13.2 Å². The van der Waals surface area contributed by atoms with Crippen LogP contribution in [-0.4, -0.2) is 29.1 Å². The highest BCUT2D eigenvalue weighted by Crippen LogP contribution is 2.15. The summed E-state index contributed by atoms with van der Waals surface area (Å²) in [5, 5.41) is 13.0. The highest BCUT2D eigenvalue weighted by molar-refractivity contribution is 6.05. The van der Waals surface area contributed by atoms with Crippen molar-refractivity contribution in [2.24, 2.45) is 0 Å². The number of aromatic nitrogens is 1. The van der Waals surface area contributed by atoms with Crippen LogP contribution in [-0.2, 0) is 0 Å². The number of aliphatic hydroxyl groups excluding tert-OH is 1. The van der Waals surface area contributed by atoms with Gasteiger partial charge < -0.3 is 10.4 Å². The van der Waals surface area contributed by atoms with Crippen LogP contribution in [0.3, 0.4) is 0 Å². The Balaban J connectivity index is 2.40. The minimum absolute atomic E-state index is 0.0729.